The molecule has 4 atom stereocenters. The third kappa shape index (κ3) is 1.95. The lowest BCUT2D eigenvalue weighted by molar-refractivity contribution is -0.175. The molecule has 0 saturated carbocycles. The van der Waals surface area contributed by atoms with Crippen LogP contribution in [0.1, 0.15) is 29.9 Å². The van der Waals surface area contributed by atoms with Gasteiger partial charge in [-0.05, 0) is 27.9 Å². The van der Waals surface area contributed by atoms with Crippen LogP contribution in [-0.4, -0.2) is 52.7 Å². The van der Waals surface area contributed by atoms with Crippen LogP contribution in [0.2, 0.25) is 0 Å². The molecule has 0 spiro atoms. The van der Waals surface area contributed by atoms with Gasteiger partial charge in [0.15, 0.2) is 0 Å². The molecule has 0 N–H and O–H groups in total. The summed E-state index contributed by atoms with van der Waals surface area (Å²) < 4.78 is 0. The number of nitrogens with zero attached hydrogens (tertiary/aromatic N) is 4. The van der Waals surface area contributed by atoms with Gasteiger partial charge in [-0.25, -0.2) is 9.97 Å². The molecule has 0 amide bonds. The second kappa shape index (κ2) is 5.42. The molecule has 0 aromatic carbocycles. The van der Waals surface area contributed by atoms with Gasteiger partial charge in [0.25, 0.3) is 0 Å². The Morgan fingerprint density at radius 1 is 1.17 bits per heavy atom. The molecule has 2 saturated heterocycles. The standard InChI is InChI=1S/C17H22N4OS2/c1-16-10-20(3)9-11(13(16)22)12(14-18-5-7-23-14)21(4)17(16,2)15-19-6-8-24-15/h5-8,11-12H,9-10H2,1-4H3. The van der Waals surface area contributed by atoms with E-state index < -0.39 is 11.0 Å². The van der Waals surface area contributed by atoms with Gasteiger partial charge in [0.2, 0.25) is 0 Å². The van der Waals surface area contributed by atoms with Crippen LogP contribution in [0.3, 0.4) is 0 Å². The van der Waals surface area contributed by atoms with Crippen LogP contribution in [0.5, 0.6) is 0 Å². The molecule has 2 aromatic rings. The van der Waals surface area contributed by atoms with Crippen LogP contribution in [0.15, 0.2) is 23.2 Å². The Labute approximate surface area is 150 Å². The predicted octanol–water partition coefficient (Wildman–Crippen LogP) is 2.64. The number of fused-ring (bicyclic) bond motifs is 2. The predicted molar refractivity (Wildman–Crippen MR) is 96.2 cm³/mol. The number of hydrogen-bond donors (Lipinski definition) is 0. The van der Waals surface area contributed by atoms with Crippen molar-refractivity contribution >= 4 is 28.5 Å². The summed E-state index contributed by atoms with van der Waals surface area (Å²) in [6, 6.07) is 0.00206. The average molecular weight is 363 g/mol. The lowest BCUT2D eigenvalue weighted by Crippen LogP contribution is -2.71. The molecule has 2 aliphatic heterocycles. The molecule has 128 valence electrons. The Morgan fingerprint density at radius 3 is 2.50 bits per heavy atom. The van der Waals surface area contributed by atoms with Crippen LogP contribution in [0.4, 0.5) is 0 Å². The SMILES string of the molecule is CN1CC2C(=O)C(C)(C1)C(C)(c1nccs1)N(C)C2c1nccs1. The molecule has 0 aliphatic carbocycles. The molecule has 7 heteroatoms. The van der Waals surface area contributed by atoms with Gasteiger partial charge in [-0.1, -0.05) is 0 Å². The first-order chi connectivity index (χ1) is 11.4. The van der Waals surface area contributed by atoms with E-state index in [1.54, 1.807) is 22.7 Å². The quantitative estimate of drug-likeness (QED) is 0.822. The van der Waals surface area contributed by atoms with Crippen molar-refractivity contribution < 1.29 is 4.79 Å². The Bertz CT molecular complexity index is 747. The third-order valence-electron chi connectivity index (χ3n) is 6.11. The first-order valence-electron chi connectivity index (χ1n) is 8.15. The summed E-state index contributed by atoms with van der Waals surface area (Å²) in [5.74, 6) is 0.314. The zero-order valence-electron chi connectivity index (χ0n) is 14.4. The van der Waals surface area contributed by atoms with Gasteiger partial charge in [0, 0.05) is 36.2 Å². The van der Waals surface area contributed by atoms with E-state index in [4.69, 9.17) is 0 Å². The van der Waals surface area contributed by atoms with Crippen molar-refractivity contribution in [2.45, 2.75) is 25.4 Å². The van der Waals surface area contributed by atoms with Crippen LogP contribution in [-0.2, 0) is 10.3 Å². The maximum absolute atomic E-state index is 13.5. The average Bonchev–Trinajstić information content (AvgIpc) is 3.23. The smallest absolute Gasteiger partial charge is 0.148 e. The summed E-state index contributed by atoms with van der Waals surface area (Å²) in [4.78, 5) is 27.4. The first-order valence-corrected chi connectivity index (χ1v) is 9.90. The van der Waals surface area contributed by atoms with Gasteiger partial charge < -0.3 is 4.90 Å². The van der Waals surface area contributed by atoms with E-state index in [1.807, 2.05) is 23.2 Å². The van der Waals surface area contributed by atoms with E-state index in [9.17, 15) is 4.79 Å². The molecular weight excluding hydrogens is 340 g/mol. The minimum atomic E-state index is -0.481. The van der Waals surface area contributed by atoms with Crippen molar-refractivity contribution in [1.29, 1.82) is 0 Å². The molecule has 2 bridgehead atoms. The highest BCUT2D eigenvalue weighted by Gasteiger charge is 2.65. The molecule has 5 nitrogen and oxygen atoms in total. The lowest BCUT2D eigenvalue weighted by atomic mass is 9.58. The highest BCUT2D eigenvalue weighted by Crippen LogP contribution is 2.57. The number of carbonyl (C=O) groups is 1. The fourth-order valence-corrected chi connectivity index (χ4v) is 6.47. The highest BCUT2D eigenvalue weighted by atomic mass is 32.1. The van der Waals surface area contributed by atoms with Gasteiger partial charge in [-0.3, -0.25) is 9.69 Å². The topological polar surface area (TPSA) is 49.3 Å². The van der Waals surface area contributed by atoms with Crippen LogP contribution < -0.4 is 0 Å². The Balaban J connectivity index is 1.93. The van der Waals surface area contributed by atoms with Crippen molar-refractivity contribution in [3.8, 4) is 0 Å². The van der Waals surface area contributed by atoms with Crippen molar-refractivity contribution in [3.05, 3.63) is 33.2 Å². The number of carbonyl (C=O) groups excluding carboxylic acids is 1. The normalized spacial score (nSPS) is 37.8. The lowest BCUT2D eigenvalue weighted by Gasteiger charge is -2.61. The second-order valence-corrected chi connectivity index (χ2v) is 9.16. The number of rotatable bonds is 2. The second-order valence-electron chi connectivity index (χ2n) is 7.34. The number of ketones is 1. The van der Waals surface area contributed by atoms with E-state index >= 15 is 0 Å². The summed E-state index contributed by atoms with van der Waals surface area (Å²) in [5, 5.41) is 6.03. The number of hydrogen-bond acceptors (Lipinski definition) is 7. The third-order valence-corrected chi connectivity index (χ3v) is 7.94. The maximum Gasteiger partial charge on any atom is 0.148 e. The Hall–Kier alpha value is -1.15. The number of likely N-dealkylation sites (tertiary alicyclic amines) is 2. The van der Waals surface area contributed by atoms with Crippen LogP contribution in [0, 0.1) is 11.3 Å². The fraction of sp³-hybridized carbons (Fsp3) is 0.588. The fourth-order valence-electron chi connectivity index (χ4n) is 4.65. The van der Waals surface area contributed by atoms with Crippen LogP contribution >= 0.6 is 22.7 Å². The zero-order valence-corrected chi connectivity index (χ0v) is 16.0. The van der Waals surface area contributed by atoms with Crippen molar-refractivity contribution in [2.24, 2.45) is 11.3 Å². The number of piperidine rings is 2. The summed E-state index contributed by atoms with van der Waals surface area (Å²) in [5.41, 5.74) is -0.926. The van der Waals surface area contributed by atoms with Gasteiger partial charge >= 0.3 is 0 Å². The zero-order chi connectivity index (χ0) is 17.1. The van der Waals surface area contributed by atoms with Crippen molar-refractivity contribution in [1.82, 2.24) is 19.8 Å². The molecular formula is C17H22N4OS2. The van der Waals surface area contributed by atoms with Crippen molar-refractivity contribution in [2.75, 3.05) is 27.2 Å². The van der Waals surface area contributed by atoms with Crippen molar-refractivity contribution in [3.63, 3.8) is 0 Å². The van der Waals surface area contributed by atoms with E-state index in [0.29, 0.717) is 5.78 Å². The summed E-state index contributed by atoms with van der Waals surface area (Å²) in [6.07, 6.45) is 3.67. The molecule has 0 radical (unpaired) electrons. The highest BCUT2D eigenvalue weighted by molar-refractivity contribution is 7.10. The largest absolute Gasteiger partial charge is 0.305 e. The van der Waals surface area contributed by atoms with E-state index in [2.05, 4.69) is 47.7 Å². The molecule has 2 aliphatic rings. The number of Topliss-reactive ketones (excluding diaryl/α,β-unsaturated/α-hetero) is 1. The van der Waals surface area contributed by atoms with Crippen LogP contribution in [0.25, 0.3) is 0 Å². The minimum Gasteiger partial charge on any atom is -0.305 e. The molecule has 24 heavy (non-hydrogen) atoms. The van der Waals surface area contributed by atoms with E-state index in [0.717, 1.165) is 23.1 Å². The number of aromatic nitrogens is 2. The first kappa shape index (κ1) is 16.3. The summed E-state index contributed by atoms with van der Waals surface area (Å²) >= 11 is 3.27. The van der Waals surface area contributed by atoms with Gasteiger partial charge in [0.05, 0.1) is 22.9 Å². The monoisotopic (exact) mass is 362 g/mol. The summed E-state index contributed by atoms with van der Waals surface area (Å²) in [6.45, 7) is 5.85. The molecule has 2 aromatic heterocycles. The molecule has 4 rings (SSSR count). The minimum absolute atomic E-state index is 0.00206. The van der Waals surface area contributed by atoms with Gasteiger partial charge in [-0.15, -0.1) is 22.7 Å². The maximum atomic E-state index is 13.5. The van der Waals surface area contributed by atoms with E-state index in [-0.39, 0.29) is 12.0 Å². The van der Waals surface area contributed by atoms with Gasteiger partial charge in [0.1, 0.15) is 15.8 Å². The molecule has 4 heterocycles. The number of thiazole rings is 2. The summed E-state index contributed by atoms with van der Waals surface area (Å²) in [7, 11) is 4.25. The Kier molecular flexibility index (Phi) is 3.69. The Morgan fingerprint density at radius 2 is 1.88 bits per heavy atom. The molecule has 4 unspecified atom stereocenters. The van der Waals surface area contributed by atoms with E-state index in [1.165, 1.54) is 0 Å². The van der Waals surface area contributed by atoms with Gasteiger partial charge in [-0.2, -0.15) is 0 Å². The molecule has 2 fully saturated rings.